The first kappa shape index (κ1) is 13.3. The molecule has 2 aromatic rings. The Labute approximate surface area is 114 Å². The SMILES string of the molecule is CCCN(C)c1cc(Oc2cccc(C)c2)ncn1. The fourth-order valence-corrected chi connectivity index (χ4v) is 1.84. The zero-order chi connectivity index (χ0) is 13.7. The smallest absolute Gasteiger partial charge is 0.224 e. The molecule has 4 heteroatoms. The quantitative estimate of drug-likeness (QED) is 0.822. The summed E-state index contributed by atoms with van der Waals surface area (Å²) in [6.45, 7) is 5.13. The van der Waals surface area contributed by atoms with Gasteiger partial charge in [0.05, 0.1) is 0 Å². The van der Waals surface area contributed by atoms with E-state index in [4.69, 9.17) is 4.74 Å². The lowest BCUT2D eigenvalue weighted by atomic mass is 10.2. The molecule has 4 nitrogen and oxygen atoms in total. The van der Waals surface area contributed by atoms with Gasteiger partial charge in [-0.1, -0.05) is 19.1 Å². The molecule has 0 N–H and O–H groups in total. The van der Waals surface area contributed by atoms with Gasteiger partial charge in [0.1, 0.15) is 17.9 Å². The van der Waals surface area contributed by atoms with Crippen LogP contribution in [0.4, 0.5) is 5.82 Å². The van der Waals surface area contributed by atoms with E-state index in [0.29, 0.717) is 5.88 Å². The average Bonchev–Trinajstić information content (AvgIpc) is 2.39. The van der Waals surface area contributed by atoms with Crippen molar-refractivity contribution in [3.05, 3.63) is 42.2 Å². The van der Waals surface area contributed by atoms with Crippen molar-refractivity contribution in [3.8, 4) is 11.6 Å². The molecular formula is C15H19N3O. The van der Waals surface area contributed by atoms with Crippen LogP contribution in [0.2, 0.25) is 0 Å². The van der Waals surface area contributed by atoms with E-state index in [1.807, 2.05) is 44.3 Å². The largest absolute Gasteiger partial charge is 0.439 e. The van der Waals surface area contributed by atoms with Crippen molar-refractivity contribution in [2.75, 3.05) is 18.5 Å². The maximum absolute atomic E-state index is 5.75. The van der Waals surface area contributed by atoms with Crippen LogP contribution in [0, 0.1) is 6.92 Å². The fourth-order valence-electron chi connectivity index (χ4n) is 1.84. The Balaban J connectivity index is 2.15. The van der Waals surface area contributed by atoms with Gasteiger partial charge in [-0.2, -0.15) is 0 Å². The molecular weight excluding hydrogens is 238 g/mol. The Morgan fingerprint density at radius 2 is 2.05 bits per heavy atom. The fraction of sp³-hybridized carbons (Fsp3) is 0.333. The highest BCUT2D eigenvalue weighted by Gasteiger charge is 2.05. The molecule has 2 rings (SSSR count). The molecule has 0 saturated heterocycles. The Morgan fingerprint density at radius 1 is 1.21 bits per heavy atom. The molecule has 100 valence electrons. The van der Waals surface area contributed by atoms with Crippen LogP contribution < -0.4 is 9.64 Å². The molecule has 0 bridgehead atoms. The summed E-state index contributed by atoms with van der Waals surface area (Å²) in [6, 6.07) is 9.77. The van der Waals surface area contributed by atoms with Gasteiger partial charge in [0, 0.05) is 19.7 Å². The molecule has 0 radical (unpaired) electrons. The third-order valence-electron chi connectivity index (χ3n) is 2.79. The van der Waals surface area contributed by atoms with Crippen LogP contribution in [0.5, 0.6) is 11.6 Å². The molecule has 1 aromatic heterocycles. The second kappa shape index (κ2) is 6.18. The van der Waals surface area contributed by atoms with Crippen molar-refractivity contribution in [1.29, 1.82) is 0 Å². The average molecular weight is 257 g/mol. The lowest BCUT2D eigenvalue weighted by molar-refractivity contribution is 0.461. The molecule has 0 spiro atoms. The molecule has 19 heavy (non-hydrogen) atoms. The number of benzene rings is 1. The summed E-state index contributed by atoms with van der Waals surface area (Å²) in [4.78, 5) is 10.5. The van der Waals surface area contributed by atoms with E-state index >= 15 is 0 Å². The van der Waals surface area contributed by atoms with Gasteiger partial charge in [0.2, 0.25) is 5.88 Å². The molecule has 0 fully saturated rings. The minimum atomic E-state index is 0.568. The van der Waals surface area contributed by atoms with E-state index < -0.39 is 0 Å². The summed E-state index contributed by atoms with van der Waals surface area (Å²) in [5.41, 5.74) is 1.16. The van der Waals surface area contributed by atoms with Crippen LogP contribution in [0.1, 0.15) is 18.9 Å². The Kier molecular flexibility index (Phi) is 4.34. The minimum Gasteiger partial charge on any atom is -0.439 e. The number of anilines is 1. The van der Waals surface area contributed by atoms with Crippen LogP contribution >= 0.6 is 0 Å². The first-order valence-electron chi connectivity index (χ1n) is 6.46. The lowest BCUT2D eigenvalue weighted by Crippen LogP contribution is -2.19. The normalized spacial score (nSPS) is 10.3. The molecule has 1 aromatic carbocycles. The molecule has 0 saturated carbocycles. The van der Waals surface area contributed by atoms with E-state index in [0.717, 1.165) is 30.1 Å². The number of hydrogen-bond acceptors (Lipinski definition) is 4. The molecule has 0 aliphatic heterocycles. The number of aromatic nitrogens is 2. The van der Waals surface area contributed by atoms with Crippen LogP contribution in [0.25, 0.3) is 0 Å². The van der Waals surface area contributed by atoms with E-state index in [9.17, 15) is 0 Å². The van der Waals surface area contributed by atoms with E-state index in [2.05, 4.69) is 21.8 Å². The highest BCUT2D eigenvalue weighted by molar-refractivity contribution is 5.41. The summed E-state index contributed by atoms with van der Waals surface area (Å²) in [5, 5.41) is 0. The number of nitrogens with zero attached hydrogens (tertiary/aromatic N) is 3. The second-order valence-corrected chi connectivity index (χ2v) is 4.55. The van der Waals surface area contributed by atoms with Crippen LogP contribution in [0.3, 0.4) is 0 Å². The van der Waals surface area contributed by atoms with E-state index in [1.54, 1.807) is 0 Å². The Bertz CT molecular complexity index is 542. The number of hydrogen-bond donors (Lipinski definition) is 0. The predicted octanol–water partition coefficient (Wildman–Crippen LogP) is 3.42. The summed E-state index contributed by atoms with van der Waals surface area (Å²) in [5.74, 6) is 2.24. The van der Waals surface area contributed by atoms with Gasteiger partial charge in [0.15, 0.2) is 0 Å². The summed E-state index contributed by atoms with van der Waals surface area (Å²) in [7, 11) is 2.02. The van der Waals surface area contributed by atoms with Crippen LogP contribution in [-0.4, -0.2) is 23.6 Å². The first-order chi connectivity index (χ1) is 9.19. The van der Waals surface area contributed by atoms with Crippen LogP contribution in [0.15, 0.2) is 36.7 Å². The third-order valence-corrected chi connectivity index (χ3v) is 2.79. The molecule has 0 aliphatic carbocycles. The van der Waals surface area contributed by atoms with Gasteiger partial charge < -0.3 is 9.64 Å². The third kappa shape index (κ3) is 3.68. The highest BCUT2D eigenvalue weighted by Crippen LogP contribution is 2.22. The van der Waals surface area contributed by atoms with E-state index in [-0.39, 0.29) is 0 Å². The molecule has 0 atom stereocenters. The maximum atomic E-state index is 5.75. The molecule has 0 amide bonds. The van der Waals surface area contributed by atoms with E-state index in [1.165, 1.54) is 6.33 Å². The second-order valence-electron chi connectivity index (χ2n) is 4.55. The summed E-state index contributed by atoms with van der Waals surface area (Å²) in [6.07, 6.45) is 2.61. The summed E-state index contributed by atoms with van der Waals surface area (Å²) >= 11 is 0. The predicted molar refractivity (Wildman–Crippen MR) is 76.8 cm³/mol. The molecule has 0 aliphatic rings. The highest BCUT2D eigenvalue weighted by atomic mass is 16.5. The Morgan fingerprint density at radius 3 is 2.79 bits per heavy atom. The van der Waals surface area contributed by atoms with Crippen molar-refractivity contribution >= 4 is 5.82 Å². The van der Waals surface area contributed by atoms with Crippen molar-refractivity contribution in [2.24, 2.45) is 0 Å². The Hall–Kier alpha value is -2.10. The van der Waals surface area contributed by atoms with Gasteiger partial charge in [-0.05, 0) is 31.0 Å². The summed E-state index contributed by atoms with van der Waals surface area (Å²) < 4.78 is 5.75. The first-order valence-corrected chi connectivity index (χ1v) is 6.46. The molecule has 0 unspecified atom stereocenters. The maximum Gasteiger partial charge on any atom is 0.224 e. The monoisotopic (exact) mass is 257 g/mol. The van der Waals surface area contributed by atoms with Gasteiger partial charge in [-0.25, -0.2) is 9.97 Å². The van der Waals surface area contributed by atoms with Gasteiger partial charge in [0.25, 0.3) is 0 Å². The molecule has 1 heterocycles. The zero-order valence-electron chi connectivity index (χ0n) is 11.6. The van der Waals surface area contributed by atoms with Crippen molar-refractivity contribution in [2.45, 2.75) is 20.3 Å². The number of aryl methyl sites for hydroxylation is 1. The standard InChI is InChI=1S/C15H19N3O/c1-4-8-18(3)14-10-15(17-11-16-14)19-13-7-5-6-12(2)9-13/h5-7,9-11H,4,8H2,1-3H3. The van der Waals surface area contributed by atoms with Crippen LogP contribution in [-0.2, 0) is 0 Å². The van der Waals surface area contributed by atoms with Gasteiger partial charge in [-0.3, -0.25) is 0 Å². The van der Waals surface area contributed by atoms with Gasteiger partial charge in [-0.15, -0.1) is 0 Å². The minimum absolute atomic E-state index is 0.568. The van der Waals surface area contributed by atoms with Crippen molar-refractivity contribution in [1.82, 2.24) is 9.97 Å². The lowest BCUT2D eigenvalue weighted by Gasteiger charge is -2.17. The van der Waals surface area contributed by atoms with Crippen molar-refractivity contribution < 1.29 is 4.74 Å². The topological polar surface area (TPSA) is 38.2 Å². The number of ether oxygens (including phenoxy) is 1. The number of rotatable bonds is 5. The van der Waals surface area contributed by atoms with Crippen molar-refractivity contribution in [3.63, 3.8) is 0 Å². The van der Waals surface area contributed by atoms with Gasteiger partial charge >= 0.3 is 0 Å². The zero-order valence-corrected chi connectivity index (χ0v) is 11.6.